The molecule has 0 atom stereocenters. The van der Waals surface area contributed by atoms with Crippen molar-refractivity contribution in [1.29, 1.82) is 0 Å². The van der Waals surface area contributed by atoms with Crippen LogP contribution < -0.4 is 9.47 Å². The van der Waals surface area contributed by atoms with Gasteiger partial charge in [-0.25, -0.2) is 9.47 Å². The molecule has 2 heterocycles. The Labute approximate surface area is 114 Å². The third-order valence-corrected chi connectivity index (χ3v) is 3.18. The molecule has 3 rings (SSSR count). The molecule has 1 aliphatic heterocycles. The monoisotopic (exact) mass is 277 g/mol. The molecular formula is C15H12F3N2+. The summed E-state index contributed by atoms with van der Waals surface area (Å²) in [6.07, 6.45) is 1.35. The van der Waals surface area contributed by atoms with Gasteiger partial charge in [0, 0.05) is 6.07 Å². The fraction of sp³-hybridized carbons (Fsp3) is 0.133. The molecule has 2 nitrogen and oxygen atoms in total. The Morgan fingerprint density at radius 2 is 1.90 bits per heavy atom. The van der Waals surface area contributed by atoms with Crippen LogP contribution in [0.15, 0.2) is 54.7 Å². The van der Waals surface area contributed by atoms with Crippen LogP contribution in [0.2, 0.25) is 0 Å². The summed E-state index contributed by atoms with van der Waals surface area (Å²) in [4.78, 5) is 1.84. The van der Waals surface area contributed by atoms with Crippen molar-refractivity contribution in [2.45, 2.75) is 6.18 Å². The van der Waals surface area contributed by atoms with Gasteiger partial charge in [-0.05, 0) is 30.3 Å². The van der Waals surface area contributed by atoms with E-state index < -0.39 is 11.7 Å². The highest BCUT2D eigenvalue weighted by molar-refractivity contribution is 5.61. The van der Waals surface area contributed by atoms with Crippen LogP contribution in [0, 0.1) is 0 Å². The fourth-order valence-corrected chi connectivity index (χ4v) is 2.25. The minimum absolute atomic E-state index is 0.532. The molecule has 2 aromatic rings. The molecule has 0 saturated heterocycles. The number of rotatable bonds is 1. The number of pyridine rings is 1. The molecule has 0 radical (unpaired) electrons. The van der Waals surface area contributed by atoms with Crippen LogP contribution >= 0.6 is 0 Å². The van der Waals surface area contributed by atoms with Gasteiger partial charge in [-0.1, -0.05) is 12.1 Å². The summed E-state index contributed by atoms with van der Waals surface area (Å²) in [5.41, 5.74) is -0.101. The molecular weight excluding hydrogens is 265 g/mol. The lowest BCUT2D eigenvalue weighted by Gasteiger charge is -2.20. The maximum atomic E-state index is 12.8. The van der Waals surface area contributed by atoms with Gasteiger partial charge in [0.25, 0.3) is 5.82 Å². The predicted molar refractivity (Wildman–Crippen MR) is 70.4 cm³/mol. The van der Waals surface area contributed by atoms with E-state index in [1.165, 1.54) is 12.1 Å². The Morgan fingerprint density at radius 1 is 1.05 bits per heavy atom. The van der Waals surface area contributed by atoms with Crippen LogP contribution in [-0.2, 0) is 6.18 Å². The third-order valence-electron chi connectivity index (χ3n) is 3.18. The number of benzene rings is 1. The lowest BCUT2D eigenvalue weighted by Crippen LogP contribution is -2.39. The number of alkyl halides is 3. The Hall–Kier alpha value is -2.30. The highest BCUT2D eigenvalue weighted by Gasteiger charge is 2.32. The van der Waals surface area contributed by atoms with Crippen molar-refractivity contribution in [2.75, 3.05) is 11.4 Å². The summed E-state index contributed by atoms with van der Waals surface area (Å²) >= 11 is 0. The molecule has 0 unspecified atom stereocenters. The number of fused-ring (bicyclic) bond motifs is 1. The van der Waals surface area contributed by atoms with Gasteiger partial charge >= 0.3 is 6.18 Å². The summed E-state index contributed by atoms with van der Waals surface area (Å²) in [5.74, 6) is 0.842. The molecule has 0 saturated carbocycles. The molecule has 0 fully saturated rings. The summed E-state index contributed by atoms with van der Waals surface area (Å²) in [7, 11) is 0. The van der Waals surface area contributed by atoms with Crippen LogP contribution in [-0.4, -0.2) is 6.54 Å². The maximum Gasteiger partial charge on any atom is 0.416 e. The number of aromatic nitrogens is 1. The van der Waals surface area contributed by atoms with Crippen molar-refractivity contribution in [3.63, 3.8) is 0 Å². The maximum absolute atomic E-state index is 12.8. The van der Waals surface area contributed by atoms with Crippen LogP contribution in [0.3, 0.4) is 0 Å². The second-order valence-corrected chi connectivity index (χ2v) is 4.51. The summed E-state index contributed by atoms with van der Waals surface area (Å²) in [6.45, 7) is 0.547. The van der Waals surface area contributed by atoms with Gasteiger partial charge in [0.2, 0.25) is 0 Å². The zero-order chi connectivity index (χ0) is 14.2. The molecule has 0 spiro atoms. The normalized spacial score (nSPS) is 14.2. The summed E-state index contributed by atoms with van der Waals surface area (Å²) in [6, 6.07) is 11.0. The molecule has 0 amide bonds. The van der Waals surface area contributed by atoms with E-state index in [0.29, 0.717) is 12.2 Å². The van der Waals surface area contributed by atoms with E-state index in [1.54, 1.807) is 6.07 Å². The van der Waals surface area contributed by atoms with Gasteiger partial charge in [0.15, 0.2) is 0 Å². The Kier molecular flexibility index (Phi) is 2.97. The molecule has 102 valence electrons. The van der Waals surface area contributed by atoms with Crippen LogP contribution in [0.25, 0.3) is 6.20 Å². The number of anilines is 2. The first-order valence-electron chi connectivity index (χ1n) is 6.17. The van der Waals surface area contributed by atoms with Gasteiger partial charge in [-0.2, -0.15) is 13.2 Å². The van der Waals surface area contributed by atoms with E-state index in [4.69, 9.17) is 0 Å². The minimum Gasteiger partial charge on any atom is -0.223 e. The Balaban J connectivity index is 2.04. The van der Waals surface area contributed by atoms with E-state index >= 15 is 0 Å². The van der Waals surface area contributed by atoms with Crippen molar-refractivity contribution in [3.05, 3.63) is 60.3 Å². The number of hydrogen-bond acceptors (Lipinski definition) is 1. The lowest BCUT2D eigenvalue weighted by molar-refractivity contribution is -0.555. The van der Waals surface area contributed by atoms with E-state index in [9.17, 15) is 13.2 Å². The molecule has 1 aliphatic rings. The molecule has 5 heteroatoms. The first-order valence-corrected chi connectivity index (χ1v) is 6.17. The third kappa shape index (κ3) is 2.27. The number of halogens is 3. The summed E-state index contributed by atoms with van der Waals surface area (Å²) in [5, 5.41) is 0. The van der Waals surface area contributed by atoms with Gasteiger partial charge in [-0.15, -0.1) is 0 Å². The second kappa shape index (κ2) is 4.67. The quantitative estimate of drug-likeness (QED) is 0.722. The van der Waals surface area contributed by atoms with Gasteiger partial charge in [0.05, 0.1) is 18.0 Å². The van der Waals surface area contributed by atoms with Gasteiger partial charge in [-0.3, -0.25) is 0 Å². The Bertz CT molecular complexity index is 662. The van der Waals surface area contributed by atoms with E-state index in [1.807, 2.05) is 46.1 Å². The Morgan fingerprint density at radius 3 is 2.70 bits per heavy atom. The van der Waals surface area contributed by atoms with E-state index in [2.05, 4.69) is 0 Å². The van der Waals surface area contributed by atoms with Gasteiger partial charge in [0.1, 0.15) is 12.2 Å². The first kappa shape index (κ1) is 12.7. The SMILES string of the molecule is FC(F)(F)c1cccc(N2CC=C[n+]3ccccc32)c1. The van der Waals surface area contributed by atoms with Gasteiger partial charge < -0.3 is 0 Å². The van der Waals surface area contributed by atoms with Crippen molar-refractivity contribution in [2.24, 2.45) is 0 Å². The highest BCUT2D eigenvalue weighted by atomic mass is 19.4. The largest absolute Gasteiger partial charge is 0.416 e. The van der Waals surface area contributed by atoms with Crippen molar-refractivity contribution in [1.82, 2.24) is 0 Å². The van der Waals surface area contributed by atoms with Crippen molar-refractivity contribution >= 4 is 17.7 Å². The summed E-state index contributed by atoms with van der Waals surface area (Å²) < 4.78 is 40.3. The standard InChI is InChI=1S/C15H12F3N2/c16-15(17,18)12-5-3-6-13(11-12)20-10-4-9-19-8-2-1-7-14(19)20/h1-9,11H,10H2/q+1. The number of hydrogen-bond donors (Lipinski definition) is 0. The average molecular weight is 277 g/mol. The van der Waals surface area contributed by atoms with Crippen LogP contribution in [0.4, 0.5) is 24.7 Å². The predicted octanol–water partition coefficient (Wildman–Crippen LogP) is 3.62. The first-order chi connectivity index (χ1) is 9.55. The molecule has 1 aromatic carbocycles. The zero-order valence-corrected chi connectivity index (χ0v) is 10.5. The minimum atomic E-state index is -4.33. The molecule has 20 heavy (non-hydrogen) atoms. The van der Waals surface area contributed by atoms with E-state index in [-0.39, 0.29) is 0 Å². The van der Waals surface area contributed by atoms with Crippen molar-refractivity contribution < 1.29 is 17.7 Å². The smallest absolute Gasteiger partial charge is 0.223 e. The van der Waals surface area contributed by atoms with Crippen molar-refractivity contribution in [3.8, 4) is 0 Å². The zero-order valence-electron chi connectivity index (χ0n) is 10.5. The molecule has 0 aliphatic carbocycles. The molecule has 0 N–H and O–H groups in total. The molecule has 0 bridgehead atoms. The average Bonchev–Trinajstić information content (AvgIpc) is 2.46. The van der Waals surface area contributed by atoms with Crippen LogP contribution in [0.5, 0.6) is 0 Å². The van der Waals surface area contributed by atoms with Crippen LogP contribution in [0.1, 0.15) is 5.56 Å². The highest BCUT2D eigenvalue weighted by Crippen LogP contribution is 2.33. The fourth-order valence-electron chi connectivity index (χ4n) is 2.25. The molecule has 1 aromatic heterocycles. The lowest BCUT2D eigenvalue weighted by atomic mass is 10.1. The number of nitrogens with zero attached hydrogens (tertiary/aromatic N) is 2. The van der Waals surface area contributed by atoms with E-state index in [0.717, 1.165) is 11.9 Å². The topological polar surface area (TPSA) is 7.12 Å². The second-order valence-electron chi connectivity index (χ2n) is 4.51.